The normalized spacial score (nSPS) is 16.9. The Morgan fingerprint density at radius 1 is 0.857 bits per heavy atom. The predicted molar refractivity (Wildman–Crippen MR) is 280 cm³/mol. The zero-order valence-corrected chi connectivity index (χ0v) is 42.6. The number of benzene rings is 4. The second-order valence-electron chi connectivity index (χ2n) is 19.8. The number of alkyl carbamates (subject to hydrolysis) is 1. The third-order valence-corrected chi connectivity index (χ3v) is 15.3. The lowest BCUT2D eigenvalue weighted by molar-refractivity contribution is -0.172. The molecule has 0 saturated carbocycles. The number of aryl methyl sites for hydroxylation is 1. The number of esters is 1. The van der Waals surface area contributed by atoms with Gasteiger partial charge in [-0.25, -0.2) is 19.0 Å². The number of nitrogens with zero attached hydrogens (tertiary/aromatic N) is 2. The summed E-state index contributed by atoms with van der Waals surface area (Å²) >= 11 is 0. The van der Waals surface area contributed by atoms with Crippen LogP contribution in [-0.4, -0.2) is 96.0 Å². The van der Waals surface area contributed by atoms with Crippen LogP contribution in [0, 0.1) is 12.7 Å². The fourth-order valence-corrected chi connectivity index (χ4v) is 11.3. The fourth-order valence-electron chi connectivity index (χ4n) is 11.3. The van der Waals surface area contributed by atoms with Crippen molar-refractivity contribution in [3.63, 3.8) is 0 Å². The molecule has 2 aromatic heterocycles. The molecule has 1 unspecified atom stereocenters. The van der Waals surface area contributed by atoms with Crippen LogP contribution in [0.5, 0.6) is 0 Å². The first-order chi connectivity index (χ1) is 37.2. The monoisotopic (exact) mass is 1050 g/mol. The summed E-state index contributed by atoms with van der Waals surface area (Å²) < 4.78 is 33.5. The number of hydrogen-bond acceptors (Lipinski definition) is 12. The van der Waals surface area contributed by atoms with E-state index < -0.39 is 67.0 Å². The van der Waals surface area contributed by atoms with Gasteiger partial charge in [-0.2, -0.15) is 0 Å². The number of hydrogen-bond donors (Lipinski definition) is 6. The van der Waals surface area contributed by atoms with Gasteiger partial charge in [0.2, 0.25) is 23.6 Å². The first-order valence-corrected chi connectivity index (χ1v) is 25.9. The van der Waals surface area contributed by atoms with Gasteiger partial charge in [0.05, 0.1) is 42.1 Å². The average molecular weight is 1050 g/mol. The third-order valence-electron chi connectivity index (χ3n) is 15.3. The van der Waals surface area contributed by atoms with E-state index in [-0.39, 0.29) is 80.3 Å². The minimum Gasteiger partial charge on any atom is -0.458 e. The van der Waals surface area contributed by atoms with Crippen molar-refractivity contribution < 1.29 is 52.5 Å². The van der Waals surface area contributed by atoms with E-state index in [4.69, 9.17) is 19.2 Å². The van der Waals surface area contributed by atoms with Crippen LogP contribution >= 0.6 is 0 Å². The molecule has 2 aliphatic heterocycles. The molecule has 3 atom stereocenters. The fraction of sp³-hybridized carbons (Fsp3) is 0.345. The van der Waals surface area contributed by atoms with Crippen molar-refractivity contribution >= 4 is 46.6 Å². The van der Waals surface area contributed by atoms with Gasteiger partial charge in [-0.05, 0) is 95.5 Å². The molecule has 19 heteroatoms. The van der Waals surface area contributed by atoms with Crippen LogP contribution in [0.1, 0.15) is 94.5 Å². The number of halogens is 1. The summed E-state index contributed by atoms with van der Waals surface area (Å²) in [6.07, 6.45) is 1.89. The Balaban J connectivity index is 0.689. The Labute approximate surface area is 442 Å². The van der Waals surface area contributed by atoms with Gasteiger partial charge in [0, 0.05) is 41.5 Å². The Kier molecular flexibility index (Phi) is 15.0. The summed E-state index contributed by atoms with van der Waals surface area (Å²) in [6.45, 7) is 2.19. The lowest BCUT2D eigenvalue weighted by Gasteiger charge is -2.31. The Morgan fingerprint density at radius 2 is 1.55 bits per heavy atom. The molecule has 0 spiro atoms. The molecule has 0 fully saturated rings. The number of aromatic nitrogens is 2. The number of cyclic esters (lactones) is 1. The molecule has 2 aliphatic carbocycles. The van der Waals surface area contributed by atoms with Crippen LogP contribution in [0.25, 0.3) is 33.4 Å². The highest BCUT2D eigenvalue weighted by atomic mass is 19.1. The highest BCUT2D eigenvalue weighted by molar-refractivity contribution is 5.94. The Morgan fingerprint density at radius 3 is 2.29 bits per heavy atom. The molecule has 6 aromatic rings. The molecule has 0 saturated heterocycles. The van der Waals surface area contributed by atoms with E-state index in [1.165, 1.54) is 6.07 Å². The van der Waals surface area contributed by atoms with Gasteiger partial charge in [-0.15, -0.1) is 0 Å². The van der Waals surface area contributed by atoms with Crippen molar-refractivity contribution in [2.75, 3.05) is 39.6 Å². The maximum Gasteiger partial charge on any atom is 0.407 e. The van der Waals surface area contributed by atoms with Gasteiger partial charge in [0.25, 0.3) is 5.56 Å². The minimum atomic E-state index is -1.99. The molecular formula is C58H58FN7O11. The summed E-state index contributed by atoms with van der Waals surface area (Å²) in [5.41, 5.74) is 7.72. The largest absolute Gasteiger partial charge is 0.458 e. The van der Waals surface area contributed by atoms with Crippen LogP contribution in [0.4, 0.5) is 9.18 Å². The number of ether oxygens (including phenoxy) is 3. The quantitative estimate of drug-likeness (QED) is 0.0359. The number of amides is 5. The molecule has 77 heavy (non-hydrogen) atoms. The van der Waals surface area contributed by atoms with Crippen LogP contribution in [-0.2, 0) is 69.8 Å². The van der Waals surface area contributed by atoms with Crippen molar-refractivity contribution in [1.29, 1.82) is 0 Å². The van der Waals surface area contributed by atoms with Gasteiger partial charge < -0.3 is 50.5 Å². The molecule has 6 N–H and O–H groups in total. The summed E-state index contributed by atoms with van der Waals surface area (Å²) in [6, 6.07) is 26.8. The summed E-state index contributed by atoms with van der Waals surface area (Å²) in [5, 5.41) is 25.0. The molecule has 4 heterocycles. The van der Waals surface area contributed by atoms with Gasteiger partial charge in [-0.1, -0.05) is 85.8 Å². The standard InChI is InChI=1S/C58H58FN7O11/c1-3-58(74)43-23-47-53-40(28-66(47)55(71)42(43)30-76-56(58)72)51-34(19-20-35-32(2)44(59)24-45(65-53)52(35)51)14-11-21-75-31-63-49(68)25-61-54(70)46(22-33-12-5-4-6-13-33)64-50(69)27-60-48(67)26-62-57(73)77-29-41-38-17-9-7-15-36(38)37-16-8-10-18-39(37)41/h4-10,12-13,15-18,23-24,34,41,46,74H,3,11,14,19-22,25-31H2,1-2H3,(H,60,67)(H,61,70)(H,62,73)(H,63,68)(H,64,69)/t34?,46-,58-/m0/s1. The highest BCUT2D eigenvalue weighted by Crippen LogP contribution is 2.48. The summed E-state index contributed by atoms with van der Waals surface area (Å²) in [7, 11) is 0. The van der Waals surface area contributed by atoms with E-state index in [1.54, 1.807) is 48.7 Å². The van der Waals surface area contributed by atoms with Crippen LogP contribution in [0.3, 0.4) is 0 Å². The average Bonchev–Trinajstić information content (AvgIpc) is 4.19. The van der Waals surface area contributed by atoms with Crippen LogP contribution in [0.2, 0.25) is 0 Å². The van der Waals surface area contributed by atoms with Crippen LogP contribution < -0.4 is 32.1 Å². The van der Waals surface area contributed by atoms with E-state index in [0.29, 0.717) is 48.2 Å². The summed E-state index contributed by atoms with van der Waals surface area (Å²) in [4.78, 5) is 96.4. The van der Waals surface area contributed by atoms with Gasteiger partial charge in [0.1, 0.15) is 38.3 Å². The maximum atomic E-state index is 15.4. The zero-order chi connectivity index (χ0) is 54.0. The number of pyridine rings is 2. The second kappa shape index (κ2) is 22.1. The molecule has 18 nitrogen and oxygen atoms in total. The molecule has 4 aliphatic rings. The summed E-state index contributed by atoms with van der Waals surface area (Å²) in [5.74, 6) is -3.86. The predicted octanol–water partition coefficient (Wildman–Crippen LogP) is 4.93. The maximum absolute atomic E-state index is 15.4. The smallest absolute Gasteiger partial charge is 0.407 e. The van der Waals surface area contributed by atoms with Crippen LogP contribution in [0.15, 0.2) is 95.8 Å². The lowest BCUT2D eigenvalue weighted by atomic mass is 9.76. The molecule has 4 aromatic carbocycles. The topological polar surface area (TPSA) is 245 Å². The highest BCUT2D eigenvalue weighted by Gasteiger charge is 2.46. The first-order valence-electron chi connectivity index (χ1n) is 25.9. The zero-order valence-electron chi connectivity index (χ0n) is 42.6. The van der Waals surface area contributed by atoms with E-state index in [1.807, 2.05) is 54.6 Å². The van der Waals surface area contributed by atoms with E-state index in [9.17, 15) is 38.7 Å². The van der Waals surface area contributed by atoms with Crippen molar-refractivity contribution in [3.05, 3.63) is 157 Å². The van der Waals surface area contributed by atoms with Gasteiger partial charge >= 0.3 is 12.1 Å². The molecule has 0 bridgehead atoms. The number of carbonyl (C=O) groups excluding carboxylic acids is 6. The Hall–Kier alpha value is -8.29. The van der Waals surface area contributed by atoms with Crippen molar-refractivity contribution in [1.82, 2.24) is 36.1 Å². The third kappa shape index (κ3) is 10.4. The van der Waals surface area contributed by atoms with Crippen molar-refractivity contribution in [2.45, 2.75) is 89.0 Å². The molecule has 0 radical (unpaired) electrons. The van der Waals surface area contributed by atoms with E-state index >= 15 is 4.39 Å². The Bertz CT molecular complexity index is 3370. The lowest BCUT2D eigenvalue weighted by Crippen LogP contribution is -2.52. The number of fused-ring (bicyclic) bond motifs is 8. The molecular weight excluding hydrogens is 990 g/mol. The first kappa shape index (κ1) is 52.2. The SMILES string of the molecule is CC[C@@]1(O)C(=O)OCc2c1cc1n(c2=O)Cc2c-1nc1cc(F)c(C)c3c1c2C(CCCOCNC(=O)CNC(=O)[C@H](Cc1ccccc1)NC(=O)CNC(=O)CNC(=O)OCC1c2ccccc2-c2ccccc21)CC3. The van der Waals surface area contributed by atoms with E-state index in [2.05, 4.69) is 26.6 Å². The second-order valence-corrected chi connectivity index (χ2v) is 19.8. The van der Waals surface area contributed by atoms with Crippen molar-refractivity contribution in [3.8, 4) is 22.5 Å². The van der Waals surface area contributed by atoms with Crippen molar-refractivity contribution in [2.24, 2.45) is 0 Å². The van der Waals surface area contributed by atoms with Gasteiger partial charge in [-0.3, -0.25) is 24.0 Å². The number of carbonyl (C=O) groups is 6. The minimum absolute atomic E-state index is 0.00293. The molecule has 5 amide bonds. The number of rotatable bonds is 19. The molecule has 398 valence electrons. The van der Waals surface area contributed by atoms with Gasteiger partial charge in [0.15, 0.2) is 5.60 Å². The van der Waals surface area contributed by atoms with E-state index in [0.717, 1.165) is 49.9 Å². The number of aliphatic hydroxyl groups is 1. The molecule has 10 rings (SSSR count). The number of nitrogens with one attached hydrogen (secondary N) is 5.